The molecule has 1 saturated carbocycles. The molecule has 3 rings (SSSR count). The highest BCUT2D eigenvalue weighted by Crippen LogP contribution is 2.49. The Hall–Kier alpha value is -2.27. The number of rotatable bonds is 14. The lowest BCUT2D eigenvalue weighted by molar-refractivity contribution is -0.204. The van der Waals surface area contributed by atoms with Gasteiger partial charge in [-0.2, -0.15) is 0 Å². The van der Waals surface area contributed by atoms with Crippen LogP contribution in [0.5, 0.6) is 0 Å². The van der Waals surface area contributed by atoms with Gasteiger partial charge in [0, 0.05) is 13.0 Å². The van der Waals surface area contributed by atoms with Crippen molar-refractivity contribution in [2.24, 2.45) is 23.2 Å². The van der Waals surface area contributed by atoms with Crippen molar-refractivity contribution in [3.8, 4) is 0 Å². The summed E-state index contributed by atoms with van der Waals surface area (Å²) in [4.78, 5) is 35.2. The first kappa shape index (κ1) is 29.3. The van der Waals surface area contributed by atoms with E-state index >= 15 is 0 Å². The van der Waals surface area contributed by atoms with Crippen LogP contribution in [0.1, 0.15) is 70.8 Å². The van der Waals surface area contributed by atoms with E-state index in [-0.39, 0.29) is 12.3 Å². The summed E-state index contributed by atoms with van der Waals surface area (Å²) >= 11 is 0. The second kappa shape index (κ2) is 13.5. The van der Waals surface area contributed by atoms with Gasteiger partial charge in [-0.1, -0.05) is 69.2 Å². The SMILES string of the molecule is CC(C)C[C@](CC1CC1)(C(=O)NNS(C)(=O)=O)[C@H](CC=Cc1ccccc1)C(=O)NOC1CCCCO1. The lowest BCUT2D eigenvalue weighted by atomic mass is 9.64. The van der Waals surface area contributed by atoms with Gasteiger partial charge in [0.2, 0.25) is 21.8 Å². The van der Waals surface area contributed by atoms with E-state index in [1.54, 1.807) is 0 Å². The monoisotopic (exact) mass is 535 g/mol. The molecule has 10 heteroatoms. The van der Waals surface area contributed by atoms with E-state index in [0.717, 1.165) is 37.5 Å². The van der Waals surface area contributed by atoms with Crippen LogP contribution < -0.4 is 15.7 Å². The number of hydrogen-bond acceptors (Lipinski definition) is 6. The van der Waals surface area contributed by atoms with Gasteiger partial charge in [-0.05, 0) is 49.5 Å². The van der Waals surface area contributed by atoms with Gasteiger partial charge < -0.3 is 4.74 Å². The van der Waals surface area contributed by atoms with Crippen molar-refractivity contribution in [2.75, 3.05) is 12.9 Å². The summed E-state index contributed by atoms with van der Waals surface area (Å²) in [5, 5.41) is 0. The second-order valence-electron chi connectivity index (χ2n) is 10.7. The van der Waals surface area contributed by atoms with E-state index in [0.29, 0.717) is 31.8 Å². The molecule has 1 aliphatic heterocycles. The van der Waals surface area contributed by atoms with Gasteiger partial charge in [-0.3, -0.25) is 15.0 Å². The van der Waals surface area contributed by atoms with Crippen LogP contribution in [0.25, 0.3) is 6.08 Å². The first-order valence-electron chi connectivity index (χ1n) is 13.1. The molecule has 0 bridgehead atoms. The minimum absolute atomic E-state index is 0.0822. The molecule has 1 unspecified atom stereocenters. The Labute approximate surface area is 220 Å². The van der Waals surface area contributed by atoms with Crippen molar-refractivity contribution >= 4 is 27.9 Å². The number of sulfonamides is 1. The molecule has 1 aromatic carbocycles. The summed E-state index contributed by atoms with van der Waals surface area (Å²) in [6, 6.07) is 9.72. The molecule has 0 spiro atoms. The van der Waals surface area contributed by atoms with Gasteiger partial charge in [0.05, 0.1) is 17.6 Å². The number of nitrogens with one attached hydrogen (secondary N) is 3. The van der Waals surface area contributed by atoms with Crippen LogP contribution in [0.15, 0.2) is 36.4 Å². The molecule has 1 heterocycles. The fraction of sp³-hybridized carbons (Fsp3) is 0.630. The summed E-state index contributed by atoms with van der Waals surface area (Å²) in [7, 11) is -3.68. The molecule has 2 amide bonds. The van der Waals surface area contributed by atoms with Crippen LogP contribution >= 0.6 is 0 Å². The highest BCUT2D eigenvalue weighted by molar-refractivity contribution is 7.88. The Morgan fingerprint density at radius 3 is 2.49 bits per heavy atom. The van der Waals surface area contributed by atoms with Crippen molar-refractivity contribution in [3.63, 3.8) is 0 Å². The highest BCUT2D eigenvalue weighted by atomic mass is 32.2. The Bertz CT molecular complexity index is 1010. The molecular weight excluding hydrogens is 494 g/mol. The maximum absolute atomic E-state index is 13.8. The summed E-state index contributed by atoms with van der Waals surface area (Å²) in [6.07, 6.45) is 9.99. The molecule has 9 nitrogen and oxygen atoms in total. The zero-order valence-corrected chi connectivity index (χ0v) is 22.9. The van der Waals surface area contributed by atoms with Crippen molar-refractivity contribution in [1.29, 1.82) is 0 Å². The van der Waals surface area contributed by atoms with Crippen molar-refractivity contribution in [2.45, 2.75) is 71.5 Å². The summed E-state index contributed by atoms with van der Waals surface area (Å²) in [5.41, 5.74) is 4.82. The number of ether oxygens (including phenoxy) is 1. The minimum Gasteiger partial charge on any atom is -0.350 e. The molecule has 1 aliphatic carbocycles. The number of benzene rings is 1. The zero-order valence-electron chi connectivity index (χ0n) is 22.1. The summed E-state index contributed by atoms with van der Waals surface area (Å²) in [6.45, 7) is 4.57. The van der Waals surface area contributed by atoms with E-state index in [2.05, 4.69) is 15.7 Å². The van der Waals surface area contributed by atoms with Gasteiger partial charge >= 0.3 is 0 Å². The van der Waals surface area contributed by atoms with Crippen molar-refractivity contribution in [3.05, 3.63) is 42.0 Å². The predicted molar refractivity (Wildman–Crippen MR) is 142 cm³/mol. The van der Waals surface area contributed by atoms with Gasteiger partial charge in [-0.25, -0.2) is 18.7 Å². The number of amides is 2. The predicted octanol–water partition coefficient (Wildman–Crippen LogP) is 3.69. The zero-order chi connectivity index (χ0) is 26.9. The third-order valence-corrected chi connectivity index (χ3v) is 7.29. The Morgan fingerprint density at radius 1 is 1.16 bits per heavy atom. The number of hydrogen-bond donors (Lipinski definition) is 3. The lowest BCUT2D eigenvalue weighted by Gasteiger charge is -2.40. The second-order valence-corrected chi connectivity index (χ2v) is 12.5. The van der Waals surface area contributed by atoms with E-state index < -0.39 is 39.5 Å². The Kier molecular flexibility index (Phi) is 10.7. The molecular formula is C27H41N3O6S. The molecule has 206 valence electrons. The molecule has 0 radical (unpaired) electrons. The number of allylic oxidation sites excluding steroid dienone is 1. The molecule has 1 aromatic rings. The average molecular weight is 536 g/mol. The van der Waals surface area contributed by atoms with Gasteiger partial charge in [-0.15, -0.1) is 4.83 Å². The molecule has 1 saturated heterocycles. The molecule has 2 aliphatic rings. The molecule has 0 aromatic heterocycles. The largest absolute Gasteiger partial charge is 0.350 e. The molecule has 3 N–H and O–H groups in total. The first-order valence-corrected chi connectivity index (χ1v) is 15.0. The van der Waals surface area contributed by atoms with Crippen molar-refractivity contribution in [1.82, 2.24) is 15.7 Å². The minimum atomic E-state index is -3.68. The Balaban J connectivity index is 1.92. The van der Waals surface area contributed by atoms with E-state index in [1.165, 1.54) is 0 Å². The topological polar surface area (TPSA) is 123 Å². The van der Waals surface area contributed by atoms with Crippen LogP contribution in [0.2, 0.25) is 0 Å². The van der Waals surface area contributed by atoms with Gasteiger partial charge in [0.15, 0.2) is 6.29 Å². The number of carbonyl (C=O) groups excluding carboxylic acids is 2. The molecule has 2 fully saturated rings. The van der Waals surface area contributed by atoms with E-state index in [9.17, 15) is 18.0 Å². The summed E-state index contributed by atoms with van der Waals surface area (Å²) < 4.78 is 29.1. The average Bonchev–Trinajstić information content (AvgIpc) is 3.67. The van der Waals surface area contributed by atoms with Crippen LogP contribution in [0.4, 0.5) is 0 Å². The Morgan fingerprint density at radius 2 is 1.89 bits per heavy atom. The fourth-order valence-electron chi connectivity index (χ4n) is 5.03. The third kappa shape index (κ3) is 9.52. The van der Waals surface area contributed by atoms with E-state index in [4.69, 9.17) is 9.57 Å². The van der Waals surface area contributed by atoms with Gasteiger partial charge in [0.25, 0.3) is 0 Å². The fourth-order valence-corrected chi connectivity index (χ4v) is 5.31. The third-order valence-electron chi connectivity index (χ3n) is 6.82. The normalized spacial score (nSPS) is 20.9. The number of carbonyl (C=O) groups is 2. The highest BCUT2D eigenvalue weighted by Gasteiger charge is 2.51. The van der Waals surface area contributed by atoms with Crippen molar-refractivity contribution < 1.29 is 27.6 Å². The van der Waals surface area contributed by atoms with Crippen LogP contribution in [-0.4, -0.2) is 39.4 Å². The summed E-state index contributed by atoms with van der Waals surface area (Å²) in [5.74, 6) is -1.32. The van der Waals surface area contributed by atoms with Crippen LogP contribution in [-0.2, 0) is 29.2 Å². The first-order chi connectivity index (χ1) is 17.6. The number of hydroxylamine groups is 1. The van der Waals surface area contributed by atoms with Crippen LogP contribution in [0, 0.1) is 23.2 Å². The molecule has 3 atom stereocenters. The smallest absolute Gasteiger partial charge is 0.248 e. The van der Waals surface area contributed by atoms with Gasteiger partial charge in [0.1, 0.15) is 0 Å². The van der Waals surface area contributed by atoms with E-state index in [1.807, 2.05) is 56.3 Å². The number of hydrazine groups is 1. The molecule has 37 heavy (non-hydrogen) atoms. The lowest BCUT2D eigenvalue weighted by Crippen LogP contribution is -2.56. The standard InChI is InChI=1S/C27H41N3O6S/c1-20(2)18-27(19-22-15-16-22,26(32)28-30-37(3,33)34)23(13-9-12-21-10-5-4-6-11-21)25(31)29-36-24-14-7-8-17-35-24/h4-6,9-12,20,22-24,30H,7-8,13-19H2,1-3H3,(H,28,32)(H,29,31)/t23-,24?,27-/m1/s1. The maximum atomic E-state index is 13.8. The van der Waals surface area contributed by atoms with Crippen LogP contribution in [0.3, 0.4) is 0 Å². The quantitative estimate of drug-likeness (QED) is 0.312. The maximum Gasteiger partial charge on any atom is 0.248 e.